The molecule has 0 bridgehead atoms. The van der Waals surface area contributed by atoms with Crippen LogP contribution in [0, 0.1) is 30.4 Å². The third-order valence-electron chi connectivity index (χ3n) is 9.14. The molecule has 5 aromatic rings. The molecule has 2 atom stereocenters. The third kappa shape index (κ3) is 4.16. The number of rotatable bonds is 6. The minimum absolute atomic E-state index is 0.00443. The van der Waals surface area contributed by atoms with Crippen molar-refractivity contribution in [3.8, 4) is 11.3 Å². The van der Waals surface area contributed by atoms with E-state index in [4.69, 9.17) is 9.72 Å². The van der Waals surface area contributed by atoms with Gasteiger partial charge in [-0.3, -0.25) is 4.98 Å². The molecule has 1 aliphatic heterocycles. The Morgan fingerprint density at radius 3 is 2.51 bits per heavy atom. The molecule has 7 rings (SSSR count). The van der Waals surface area contributed by atoms with Crippen LogP contribution in [0.25, 0.3) is 33.2 Å². The fraction of sp³-hybridized carbons (Fsp3) is 0.406. The van der Waals surface area contributed by atoms with E-state index >= 15 is 8.78 Å². The number of pyridine rings is 1. The quantitative estimate of drug-likeness (QED) is 0.269. The molecule has 41 heavy (non-hydrogen) atoms. The van der Waals surface area contributed by atoms with Crippen LogP contribution >= 0.6 is 0 Å². The molecule has 0 amide bonds. The van der Waals surface area contributed by atoms with E-state index in [0.717, 1.165) is 29.8 Å². The van der Waals surface area contributed by atoms with Crippen molar-refractivity contribution in [2.45, 2.75) is 51.2 Å². The first-order chi connectivity index (χ1) is 19.8. The van der Waals surface area contributed by atoms with Crippen molar-refractivity contribution < 1.29 is 18.6 Å². The van der Waals surface area contributed by atoms with Gasteiger partial charge < -0.3 is 14.4 Å². The molecule has 212 valence electrons. The number of nitrogens with zero attached hydrogens (tertiary/aromatic N) is 5. The van der Waals surface area contributed by atoms with Gasteiger partial charge in [0.25, 0.3) is 0 Å². The summed E-state index contributed by atoms with van der Waals surface area (Å²) in [6.45, 7) is 4.70. The highest BCUT2D eigenvalue weighted by molar-refractivity contribution is 6.07. The molecule has 0 spiro atoms. The van der Waals surface area contributed by atoms with E-state index in [-0.39, 0.29) is 23.2 Å². The van der Waals surface area contributed by atoms with Crippen molar-refractivity contribution in [2.24, 2.45) is 18.9 Å². The van der Waals surface area contributed by atoms with Gasteiger partial charge in [-0.05, 0) is 63.5 Å². The lowest BCUT2D eigenvalue weighted by Gasteiger charge is -2.33. The maximum Gasteiger partial charge on any atom is 0.153 e. The van der Waals surface area contributed by atoms with Gasteiger partial charge in [-0.1, -0.05) is 35.5 Å². The Labute approximate surface area is 236 Å². The smallest absolute Gasteiger partial charge is 0.153 e. The highest BCUT2D eigenvalue weighted by Crippen LogP contribution is 2.49. The van der Waals surface area contributed by atoms with Crippen molar-refractivity contribution in [1.82, 2.24) is 24.5 Å². The Hall–Kier alpha value is -3.69. The molecule has 7 nitrogen and oxygen atoms in total. The number of fused-ring (bicyclic) bond motifs is 3. The minimum atomic E-state index is -1.30. The van der Waals surface area contributed by atoms with Crippen molar-refractivity contribution in [2.75, 3.05) is 13.2 Å². The number of aromatic nitrogens is 5. The van der Waals surface area contributed by atoms with Gasteiger partial charge in [0.1, 0.15) is 5.82 Å². The fourth-order valence-electron chi connectivity index (χ4n) is 6.84. The first kappa shape index (κ1) is 26.2. The number of benzene rings is 2. The summed E-state index contributed by atoms with van der Waals surface area (Å²) in [5.74, 6) is -0.813. The molecule has 3 aromatic heterocycles. The predicted octanol–water partition coefficient (Wildman–Crippen LogP) is 6.21. The summed E-state index contributed by atoms with van der Waals surface area (Å²) < 4.78 is 41.9. The van der Waals surface area contributed by atoms with Crippen LogP contribution in [0.15, 0.2) is 48.7 Å². The number of ether oxygens (including phenoxy) is 1. The number of aliphatic hydroxyl groups is 1. The van der Waals surface area contributed by atoms with E-state index in [1.807, 2.05) is 36.7 Å². The Morgan fingerprint density at radius 1 is 1.07 bits per heavy atom. The molecule has 2 aromatic carbocycles. The van der Waals surface area contributed by atoms with Crippen LogP contribution in [0.5, 0.6) is 0 Å². The fourth-order valence-corrected chi connectivity index (χ4v) is 6.84. The number of halogens is 2. The standard InChI is InChI=1S/C32H33F2N5O2/c1-18-29(38(3)37-36-18)20-16-26-28(35-17-20)23-10-11-24(32(2,40)21-8-9-21)27(34)31(23)39(26)30(19-12-14-41-15-13-19)22-6-4-5-7-25(22)33/h4-7,10-11,16-17,19,21,30,40H,8-9,12-15H2,1-3H3/t30-,32+/m0/s1. The second-order valence-corrected chi connectivity index (χ2v) is 11.8. The Kier molecular flexibility index (Phi) is 6.21. The SMILES string of the molecule is Cc1nnn(C)c1-c1cnc2c3ccc([C@](C)(O)C4CC4)c(F)c3n([C@H](c3ccccc3F)C3CCOCC3)c2c1. The normalized spacial score (nSPS) is 18.7. The molecule has 1 aliphatic carbocycles. The first-order valence-electron chi connectivity index (χ1n) is 14.3. The van der Waals surface area contributed by atoms with E-state index < -0.39 is 17.5 Å². The molecule has 2 aliphatic rings. The van der Waals surface area contributed by atoms with E-state index in [2.05, 4.69) is 10.3 Å². The van der Waals surface area contributed by atoms with Gasteiger partial charge in [0, 0.05) is 48.5 Å². The summed E-state index contributed by atoms with van der Waals surface area (Å²) in [5.41, 5.74) is 3.47. The second-order valence-electron chi connectivity index (χ2n) is 11.8. The molecule has 0 unspecified atom stereocenters. The molecule has 0 radical (unpaired) electrons. The highest BCUT2D eigenvalue weighted by atomic mass is 19.1. The zero-order chi connectivity index (χ0) is 28.5. The number of hydrogen-bond acceptors (Lipinski definition) is 5. The predicted molar refractivity (Wildman–Crippen MR) is 152 cm³/mol. The summed E-state index contributed by atoms with van der Waals surface area (Å²) in [6.07, 6.45) is 4.89. The summed E-state index contributed by atoms with van der Waals surface area (Å²) in [5, 5.41) is 20.5. The second kappa shape index (κ2) is 9.70. The van der Waals surface area contributed by atoms with Crippen molar-refractivity contribution >= 4 is 21.9 Å². The van der Waals surface area contributed by atoms with Gasteiger partial charge in [0.15, 0.2) is 5.82 Å². The largest absolute Gasteiger partial charge is 0.385 e. The topological polar surface area (TPSA) is 78.0 Å². The van der Waals surface area contributed by atoms with Crippen LogP contribution in [0.3, 0.4) is 0 Å². The van der Waals surface area contributed by atoms with Crippen LogP contribution in [0.1, 0.15) is 55.5 Å². The van der Waals surface area contributed by atoms with Crippen LogP contribution in [0.4, 0.5) is 8.78 Å². The average Bonchev–Trinajstić information content (AvgIpc) is 3.72. The van der Waals surface area contributed by atoms with Gasteiger partial charge in [0.05, 0.1) is 39.6 Å². The summed E-state index contributed by atoms with van der Waals surface area (Å²) in [4.78, 5) is 4.85. The monoisotopic (exact) mass is 557 g/mol. The van der Waals surface area contributed by atoms with Crippen LogP contribution in [0.2, 0.25) is 0 Å². The maximum atomic E-state index is 16.9. The van der Waals surface area contributed by atoms with Gasteiger partial charge in [-0.2, -0.15) is 0 Å². The van der Waals surface area contributed by atoms with E-state index in [1.54, 1.807) is 36.0 Å². The Balaban J connectivity index is 1.58. The van der Waals surface area contributed by atoms with E-state index in [0.29, 0.717) is 53.6 Å². The van der Waals surface area contributed by atoms with Crippen molar-refractivity contribution in [3.63, 3.8) is 0 Å². The molecular weight excluding hydrogens is 524 g/mol. The van der Waals surface area contributed by atoms with Crippen molar-refractivity contribution in [3.05, 3.63) is 77.1 Å². The summed E-state index contributed by atoms with van der Waals surface area (Å²) in [7, 11) is 1.82. The zero-order valence-electron chi connectivity index (χ0n) is 23.4. The molecule has 9 heteroatoms. The van der Waals surface area contributed by atoms with Gasteiger partial charge in [-0.15, -0.1) is 5.10 Å². The molecular formula is C32H33F2N5O2. The number of hydrogen-bond donors (Lipinski definition) is 1. The highest BCUT2D eigenvalue weighted by Gasteiger charge is 2.44. The molecule has 1 saturated heterocycles. The van der Waals surface area contributed by atoms with E-state index in [9.17, 15) is 5.11 Å². The first-order valence-corrected chi connectivity index (χ1v) is 14.3. The molecule has 2 fully saturated rings. The lowest BCUT2D eigenvalue weighted by molar-refractivity contribution is 0.0297. The van der Waals surface area contributed by atoms with Crippen LogP contribution in [-0.2, 0) is 17.4 Å². The average molecular weight is 558 g/mol. The molecule has 1 N–H and O–H groups in total. The lowest BCUT2D eigenvalue weighted by atomic mass is 9.86. The Morgan fingerprint density at radius 2 is 1.83 bits per heavy atom. The van der Waals surface area contributed by atoms with Gasteiger partial charge in [-0.25, -0.2) is 13.5 Å². The van der Waals surface area contributed by atoms with Gasteiger partial charge in [0.2, 0.25) is 0 Å². The van der Waals surface area contributed by atoms with Crippen molar-refractivity contribution in [1.29, 1.82) is 0 Å². The lowest BCUT2D eigenvalue weighted by Crippen LogP contribution is -2.28. The van der Waals surface area contributed by atoms with Crippen LogP contribution in [-0.4, -0.2) is 42.9 Å². The van der Waals surface area contributed by atoms with Gasteiger partial charge >= 0.3 is 0 Å². The van der Waals surface area contributed by atoms with Crippen LogP contribution < -0.4 is 0 Å². The summed E-state index contributed by atoms with van der Waals surface area (Å²) in [6, 6.07) is 11.8. The zero-order valence-corrected chi connectivity index (χ0v) is 23.4. The summed E-state index contributed by atoms with van der Waals surface area (Å²) >= 11 is 0. The minimum Gasteiger partial charge on any atom is -0.385 e. The molecule has 4 heterocycles. The number of aryl methyl sites for hydroxylation is 2. The third-order valence-corrected chi connectivity index (χ3v) is 9.14. The maximum absolute atomic E-state index is 16.9. The molecule has 1 saturated carbocycles. The Bertz CT molecular complexity index is 1760. The van der Waals surface area contributed by atoms with E-state index in [1.165, 1.54) is 6.07 Å².